The van der Waals surface area contributed by atoms with E-state index in [-0.39, 0.29) is 36.4 Å². The lowest BCUT2D eigenvalue weighted by Gasteiger charge is -2.28. The Morgan fingerprint density at radius 2 is 1.74 bits per heavy atom. The first-order chi connectivity index (χ1) is 16.3. The molecule has 0 spiro atoms. The summed E-state index contributed by atoms with van der Waals surface area (Å²) in [4.78, 5) is 36.6. The first-order valence-electron chi connectivity index (χ1n) is 11.8. The Morgan fingerprint density at radius 3 is 2.40 bits per heavy atom. The van der Waals surface area contributed by atoms with Gasteiger partial charge in [0.25, 0.3) is 0 Å². The van der Waals surface area contributed by atoms with Gasteiger partial charge in [0.2, 0.25) is 17.7 Å². The molecule has 2 aromatic carbocycles. The second kappa shape index (κ2) is 11.8. The zero-order valence-corrected chi connectivity index (χ0v) is 21.5. The van der Waals surface area contributed by atoms with Crippen molar-refractivity contribution >= 4 is 23.4 Å². The minimum Gasteiger partial charge on any atom is -0.508 e. The molecule has 0 aromatic heterocycles. The highest BCUT2D eigenvalue weighted by atomic mass is 16.3. The molecular weight excluding hydrogens is 444 g/mol. The molecule has 2 aromatic rings. The molecule has 0 heterocycles. The Labute approximate surface area is 207 Å². The molecule has 8 heteroatoms. The fraction of sp³-hybridized carbons (Fsp3) is 0.444. The van der Waals surface area contributed by atoms with E-state index in [0.29, 0.717) is 18.5 Å². The van der Waals surface area contributed by atoms with Crippen LogP contribution < -0.4 is 21.7 Å². The van der Waals surface area contributed by atoms with E-state index in [4.69, 9.17) is 5.73 Å². The van der Waals surface area contributed by atoms with E-state index < -0.39 is 11.6 Å². The first-order valence-corrected chi connectivity index (χ1v) is 11.8. The van der Waals surface area contributed by atoms with Crippen molar-refractivity contribution in [3.05, 3.63) is 58.1 Å². The van der Waals surface area contributed by atoms with E-state index in [1.165, 1.54) is 6.92 Å². The predicted molar refractivity (Wildman–Crippen MR) is 138 cm³/mol. The first kappa shape index (κ1) is 27.9. The molecule has 0 fully saturated rings. The number of carbonyl (C=O) groups is 3. The quantitative estimate of drug-likeness (QED) is 0.355. The molecule has 0 saturated heterocycles. The van der Waals surface area contributed by atoms with E-state index in [2.05, 4.69) is 16.0 Å². The highest BCUT2D eigenvalue weighted by Crippen LogP contribution is 2.27. The average Bonchev–Trinajstić information content (AvgIpc) is 2.77. The fourth-order valence-electron chi connectivity index (χ4n) is 3.92. The number of aromatic hydroxyl groups is 1. The maximum Gasteiger partial charge on any atom is 0.237 e. The van der Waals surface area contributed by atoms with Crippen LogP contribution in [0.25, 0.3) is 0 Å². The molecule has 35 heavy (non-hydrogen) atoms. The Kier molecular flexibility index (Phi) is 9.42. The van der Waals surface area contributed by atoms with Crippen molar-refractivity contribution in [3.63, 3.8) is 0 Å². The zero-order chi connectivity index (χ0) is 26.3. The van der Waals surface area contributed by atoms with E-state index in [9.17, 15) is 19.5 Å². The van der Waals surface area contributed by atoms with Gasteiger partial charge < -0.3 is 26.8 Å². The monoisotopic (exact) mass is 482 g/mol. The molecule has 1 unspecified atom stereocenters. The van der Waals surface area contributed by atoms with Gasteiger partial charge in [-0.25, -0.2) is 0 Å². The predicted octanol–water partition coefficient (Wildman–Crippen LogP) is 2.79. The van der Waals surface area contributed by atoms with Gasteiger partial charge in [-0.15, -0.1) is 0 Å². The lowest BCUT2D eigenvalue weighted by Crippen LogP contribution is -2.56. The van der Waals surface area contributed by atoms with Crippen molar-refractivity contribution in [2.24, 2.45) is 5.73 Å². The summed E-state index contributed by atoms with van der Waals surface area (Å²) >= 11 is 0. The number of aryl methyl sites for hydroxylation is 2. The third kappa shape index (κ3) is 8.10. The molecule has 0 aliphatic carbocycles. The molecule has 0 aliphatic heterocycles. The normalized spacial score (nSPS) is 12.1. The van der Waals surface area contributed by atoms with Gasteiger partial charge in [-0.3, -0.25) is 14.4 Å². The molecule has 0 aliphatic rings. The topological polar surface area (TPSA) is 134 Å². The summed E-state index contributed by atoms with van der Waals surface area (Å²) in [5.74, 6) is -0.390. The van der Waals surface area contributed by atoms with Gasteiger partial charge >= 0.3 is 0 Å². The van der Waals surface area contributed by atoms with Gasteiger partial charge in [-0.2, -0.15) is 0 Å². The molecule has 3 amide bonds. The van der Waals surface area contributed by atoms with E-state index >= 15 is 0 Å². The summed E-state index contributed by atoms with van der Waals surface area (Å²) in [5, 5.41) is 18.6. The second-order valence-corrected chi connectivity index (χ2v) is 9.74. The maximum atomic E-state index is 12.8. The average molecular weight is 483 g/mol. The number of phenols is 1. The van der Waals surface area contributed by atoms with Crippen LogP contribution in [-0.2, 0) is 27.2 Å². The highest BCUT2D eigenvalue weighted by Gasteiger charge is 2.25. The molecule has 8 nitrogen and oxygen atoms in total. The number of nitrogens with two attached hydrogens (primary N) is 1. The van der Waals surface area contributed by atoms with Gasteiger partial charge in [0.1, 0.15) is 5.75 Å². The smallest absolute Gasteiger partial charge is 0.237 e. The lowest BCUT2D eigenvalue weighted by molar-refractivity contribution is -0.125. The van der Waals surface area contributed by atoms with Gasteiger partial charge in [-0.1, -0.05) is 18.2 Å². The molecule has 0 saturated carbocycles. The maximum absolute atomic E-state index is 12.8. The van der Waals surface area contributed by atoms with Gasteiger partial charge in [0, 0.05) is 25.6 Å². The number of hydrogen-bond donors (Lipinski definition) is 5. The Bertz CT molecular complexity index is 1090. The van der Waals surface area contributed by atoms with Crippen molar-refractivity contribution in [1.82, 2.24) is 10.6 Å². The number of phenolic OH excluding ortho intramolecular Hbond substituents is 1. The second-order valence-electron chi connectivity index (χ2n) is 9.74. The van der Waals surface area contributed by atoms with Crippen molar-refractivity contribution < 1.29 is 19.5 Å². The van der Waals surface area contributed by atoms with Crippen LogP contribution in [0.5, 0.6) is 5.75 Å². The lowest BCUT2D eigenvalue weighted by atomic mass is 9.92. The van der Waals surface area contributed by atoms with Gasteiger partial charge in [-0.05, 0) is 87.4 Å². The number of carbonyl (C=O) groups excluding carboxylic acids is 3. The van der Waals surface area contributed by atoms with Gasteiger partial charge in [0.15, 0.2) is 0 Å². The van der Waals surface area contributed by atoms with Crippen LogP contribution >= 0.6 is 0 Å². The number of benzene rings is 2. The largest absolute Gasteiger partial charge is 0.508 e. The van der Waals surface area contributed by atoms with Crippen LogP contribution in [0.15, 0.2) is 30.3 Å². The number of nitrogens with one attached hydrogen (secondary N) is 3. The number of anilines is 1. The van der Waals surface area contributed by atoms with E-state index in [1.54, 1.807) is 12.1 Å². The number of hydrogen-bond acceptors (Lipinski definition) is 5. The summed E-state index contributed by atoms with van der Waals surface area (Å²) in [5.41, 5.74) is 10.6. The van der Waals surface area contributed by atoms with E-state index in [0.717, 1.165) is 27.8 Å². The van der Waals surface area contributed by atoms with Crippen LogP contribution in [0.1, 0.15) is 55.0 Å². The third-order valence-corrected chi connectivity index (χ3v) is 6.13. The summed E-state index contributed by atoms with van der Waals surface area (Å²) in [6, 6.07) is 8.30. The summed E-state index contributed by atoms with van der Waals surface area (Å²) in [6.45, 7) is 11.0. The third-order valence-electron chi connectivity index (χ3n) is 6.13. The Morgan fingerprint density at radius 1 is 1.09 bits per heavy atom. The van der Waals surface area contributed by atoms with Gasteiger partial charge in [0.05, 0.1) is 11.6 Å². The molecule has 190 valence electrons. The van der Waals surface area contributed by atoms with Crippen LogP contribution in [0.4, 0.5) is 5.69 Å². The minimum absolute atomic E-state index is 0.153. The fourth-order valence-corrected chi connectivity index (χ4v) is 3.92. The molecule has 6 N–H and O–H groups in total. The Balaban J connectivity index is 1.89. The number of para-hydroxylation sites is 1. The zero-order valence-electron chi connectivity index (χ0n) is 21.5. The van der Waals surface area contributed by atoms with Crippen molar-refractivity contribution in [2.75, 3.05) is 11.9 Å². The standard InChI is InChI=1S/C27H38N4O4/c1-16-13-24(33)18(3)17(2)21(16)14-22(28)26(35)31-27(5,6)15-29-25(34)12-11-20-9-7-8-10-23(20)30-19(4)32/h7-10,13,22,33H,11-12,14-15,28H2,1-6H3,(H,29,34)(H,30,32)(H,31,35). The molecule has 2 rings (SSSR count). The van der Waals surface area contributed by atoms with Crippen molar-refractivity contribution in [3.8, 4) is 5.75 Å². The van der Waals surface area contributed by atoms with Crippen molar-refractivity contribution in [2.45, 2.75) is 72.4 Å². The van der Waals surface area contributed by atoms with Crippen LogP contribution in [-0.4, -0.2) is 41.0 Å². The van der Waals surface area contributed by atoms with Crippen LogP contribution in [0.2, 0.25) is 0 Å². The molecule has 1 atom stereocenters. The minimum atomic E-state index is -0.767. The van der Waals surface area contributed by atoms with Crippen LogP contribution in [0, 0.1) is 20.8 Å². The molecule has 0 bridgehead atoms. The van der Waals surface area contributed by atoms with Crippen molar-refractivity contribution in [1.29, 1.82) is 0 Å². The van der Waals surface area contributed by atoms with E-state index in [1.807, 2.05) is 52.8 Å². The SMILES string of the molecule is CC(=O)Nc1ccccc1CCC(=O)NCC(C)(C)NC(=O)C(N)Cc1c(C)cc(O)c(C)c1C. The summed E-state index contributed by atoms with van der Waals surface area (Å²) < 4.78 is 0. The molecule has 0 radical (unpaired) electrons. The molecular formula is C27H38N4O4. The number of rotatable bonds is 10. The Hall–Kier alpha value is -3.39. The number of amides is 3. The summed E-state index contributed by atoms with van der Waals surface area (Å²) in [6.07, 6.45) is 1.07. The van der Waals surface area contributed by atoms with Crippen LogP contribution in [0.3, 0.4) is 0 Å². The summed E-state index contributed by atoms with van der Waals surface area (Å²) in [7, 11) is 0. The highest BCUT2D eigenvalue weighted by molar-refractivity contribution is 5.89.